The van der Waals surface area contributed by atoms with Crippen molar-refractivity contribution in [3.8, 4) is 0 Å². The van der Waals surface area contributed by atoms with E-state index in [4.69, 9.17) is 9.47 Å². The van der Waals surface area contributed by atoms with Gasteiger partial charge in [0.2, 0.25) is 5.91 Å². The van der Waals surface area contributed by atoms with Crippen LogP contribution in [-0.4, -0.2) is 57.0 Å². The largest absolute Gasteiger partial charge is 0.451 e. The van der Waals surface area contributed by atoms with Crippen molar-refractivity contribution in [1.29, 1.82) is 0 Å². The molecule has 0 bridgehead atoms. The van der Waals surface area contributed by atoms with Gasteiger partial charge in [-0.25, -0.2) is 9.18 Å². The van der Waals surface area contributed by atoms with E-state index in [1.165, 1.54) is 27.3 Å². The summed E-state index contributed by atoms with van der Waals surface area (Å²) >= 11 is 1.08. The molecule has 0 unspecified atom stereocenters. The molecule has 0 spiro atoms. The number of carbonyl (C=O) groups is 3. The highest BCUT2D eigenvalue weighted by atomic mass is 32.1. The summed E-state index contributed by atoms with van der Waals surface area (Å²) in [5, 5.41) is 2.71. The van der Waals surface area contributed by atoms with Crippen molar-refractivity contribution < 1.29 is 28.2 Å². The highest BCUT2D eigenvalue weighted by Gasteiger charge is 2.23. The molecule has 2 amide bonds. The van der Waals surface area contributed by atoms with Gasteiger partial charge in [0.05, 0.1) is 13.2 Å². The van der Waals surface area contributed by atoms with E-state index >= 15 is 0 Å². The van der Waals surface area contributed by atoms with Gasteiger partial charge in [0.25, 0.3) is 5.91 Å². The van der Waals surface area contributed by atoms with Crippen molar-refractivity contribution >= 4 is 39.2 Å². The van der Waals surface area contributed by atoms with Crippen LogP contribution in [0.5, 0.6) is 0 Å². The van der Waals surface area contributed by atoms with Crippen LogP contribution in [0.15, 0.2) is 18.2 Å². The second-order valence-electron chi connectivity index (χ2n) is 5.45. The lowest BCUT2D eigenvalue weighted by Crippen LogP contribution is -2.39. The second kappa shape index (κ2) is 8.72. The summed E-state index contributed by atoms with van der Waals surface area (Å²) in [7, 11) is 4.33. The van der Waals surface area contributed by atoms with Gasteiger partial charge in [-0.05, 0) is 12.1 Å². The Morgan fingerprint density at radius 3 is 2.69 bits per heavy atom. The summed E-state index contributed by atoms with van der Waals surface area (Å²) in [6, 6.07) is 4.55. The zero-order valence-corrected chi connectivity index (χ0v) is 15.4. The number of thiophene rings is 1. The normalized spacial score (nSPS) is 10.6. The smallest absolute Gasteiger partial charge is 0.349 e. The second-order valence-corrected chi connectivity index (χ2v) is 6.51. The fraction of sp³-hybridized carbons (Fsp3) is 0.353. The molecule has 1 aromatic heterocycles. The predicted molar refractivity (Wildman–Crippen MR) is 94.5 cm³/mol. The molecule has 0 fully saturated rings. The summed E-state index contributed by atoms with van der Waals surface area (Å²) in [6.07, 6.45) is 0. The Labute approximate surface area is 153 Å². The summed E-state index contributed by atoms with van der Waals surface area (Å²) in [6.45, 7) is -0.624. The first-order valence-corrected chi connectivity index (χ1v) is 8.51. The first kappa shape index (κ1) is 19.8. The Kier molecular flexibility index (Phi) is 6.64. The third kappa shape index (κ3) is 4.36. The van der Waals surface area contributed by atoms with E-state index in [2.05, 4.69) is 5.32 Å². The van der Waals surface area contributed by atoms with E-state index in [0.717, 1.165) is 16.2 Å². The molecule has 0 aliphatic rings. The standard InChI is InChI=1S/C17H19FN2O5S/c1-19-13(21)7-20(2)14(22)9-25-17(23)16-10(8-24-3)15-11(18)5-4-6-12(15)26-16/h4-6H,7-9H2,1-3H3,(H,19,21). The van der Waals surface area contributed by atoms with Crippen molar-refractivity contribution in [1.82, 2.24) is 10.2 Å². The molecule has 0 saturated heterocycles. The molecule has 1 N–H and O–H groups in total. The number of nitrogens with zero attached hydrogens (tertiary/aromatic N) is 1. The summed E-state index contributed by atoms with van der Waals surface area (Å²) in [5.74, 6) is -2.05. The number of amides is 2. The molecule has 26 heavy (non-hydrogen) atoms. The molecule has 0 aliphatic carbocycles. The number of hydrogen-bond donors (Lipinski definition) is 1. The highest BCUT2D eigenvalue weighted by molar-refractivity contribution is 7.21. The molecular formula is C17H19FN2O5S. The van der Waals surface area contributed by atoms with Crippen molar-refractivity contribution in [3.05, 3.63) is 34.5 Å². The fourth-order valence-electron chi connectivity index (χ4n) is 2.30. The SMILES string of the molecule is CNC(=O)CN(C)C(=O)COC(=O)c1sc2cccc(F)c2c1COC. The summed E-state index contributed by atoms with van der Waals surface area (Å²) in [5.41, 5.74) is 0.391. The van der Waals surface area contributed by atoms with Gasteiger partial charge < -0.3 is 19.7 Å². The molecule has 140 valence electrons. The van der Waals surface area contributed by atoms with Crippen molar-refractivity contribution in [2.75, 3.05) is 34.4 Å². The average molecular weight is 382 g/mol. The lowest BCUT2D eigenvalue weighted by atomic mass is 10.1. The molecule has 2 aromatic rings. The Morgan fingerprint density at radius 2 is 2.04 bits per heavy atom. The van der Waals surface area contributed by atoms with E-state index in [1.54, 1.807) is 12.1 Å². The number of esters is 1. The van der Waals surface area contributed by atoms with Gasteiger partial charge in [-0.2, -0.15) is 0 Å². The van der Waals surface area contributed by atoms with E-state index in [0.29, 0.717) is 15.6 Å². The third-order valence-corrected chi connectivity index (χ3v) is 4.83. The van der Waals surface area contributed by atoms with Gasteiger partial charge in [-0.15, -0.1) is 11.3 Å². The van der Waals surface area contributed by atoms with Gasteiger partial charge in [-0.1, -0.05) is 6.07 Å². The molecule has 9 heteroatoms. The van der Waals surface area contributed by atoms with E-state index in [1.807, 2.05) is 0 Å². The maximum atomic E-state index is 14.1. The number of ether oxygens (including phenoxy) is 2. The number of fused-ring (bicyclic) bond motifs is 1. The number of hydrogen-bond acceptors (Lipinski definition) is 6. The van der Waals surface area contributed by atoms with Crippen LogP contribution < -0.4 is 5.32 Å². The van der Waals surface area contributed by atoms with Crippen molar-refractivity contribution in [2.24, 2.45) is 0 Å². The Hall–Kier alpha value is -2.52. The lowest BCUT2D eigenvalue weighted by Gasteiger charge is -2.15. The van der Waals surface area contributed by atoms with Crippen LogP contribution >= 0.6 is 11.3 Å². The van der Waals surface area contributed by atoms with Crippen molar-refractivity contribution in [2.45, 2.75) is 6.61 Å². The minimum atomic E-state index is -0.737. The number of benzene rings is 1. The maximum absolute atomic E-state index is 14.1. The van der Waals surface area contributed by atoms with E-state index < -0.39 is 24.3 Å². The monoisotopic (exact) mass is 382 g/mol. The first-order chi connectivity index (χ1) is 12.4. The van der Waals surface area contributed by atoms with Crippen molar-refractivity contribution in [3.63, 3.8) is 0 Å². The van der Waals surface area contributed by atoms with Gasteiger partial charge >= 0.3 is 5.97 Å². The summed E-state index contributed by atoms with van der Waals surface area (Å²) in [4.78, 5) is 36.9. The zero-order valence-electron chi connectivity index (χ0n) is 14.6. The topological polar surface area (TPSA) is 84.9 Å². The molecule has 2 rings (SSSR count). The Balaban J connectivity index is 2.14. The molecule has 1 aromatic carbocycles. The van der Waals surface area contributed by atoms with Crippen LogP contribution in [0.3, 0.4) is 0 Å². The molecule has 0 saturated carbocycles. The van der Waals surface area contributed by atoms with Gasteiger partial charge in [-0.3, -0.25) is 9.59 Å². The van der Waals surface area contributed by atoms with Crippen LogP contribution in [0.1, 0.15) is 15.2 Å². The number of halogens is 1. The minimum Gasteiger partial charge on any atom is -0.451 e. The quantitative estimate of drug-likeness (QED) is 0.735. The van der Waals surface area contributed by atoms with E-state index in [-0.39, 0.29) is 23.9 Å². The fourth-order valence-corrected chi connectivity index (χ4v) is 3.42. The van der Waals surface area contributed by atoms with Crippen LogP contribution in [0.4, 0.5) is 4.39 Å². The van der Waals surface area contributed by atoms with Crippen LogP contribution in [0.25, 0.3) is 10.1 Å². The molecular weight excluding hydrogens is 363 g/mol. The number of nitrogens with one attached hydrogen (secondary N) is 1. The van der Waals surface area contributed by atoms with Gasteiger partial charge in [0, 0.05) is 36.9 Å². The van der Waals surface area contributed by atoms with Gasteiger partial charge in [0.15, 0.2) is 6.61 Å². The third-order valence-electron chi connectivity index (χ3n) is 3.65. The minimum absolute atomic E-state index is 0.0376. The van der Waals surface area contributed by atoms with Crippen LogP contribution in [-0.2, 0) is 25.7 Å². The number of methoxy groups -OCH3 is 1. The number of likely N-dealkylation sites (N-methyl/N-ethyl adjacent to an activating group) is 2. The predicted octanol–water partition coefficient (Wildman–Crippen LogP) is 1.55. The van der Waals surface area contributed by atoms with Crippen LogP contribution in [0.2, 0.25) is 0 Å². The highest BCUT2D eigenvalue weighted by Crippen LogP contribution is 2.34. The van der Waals surface area contributed by atoms with E-state index in [9.17, 15) is 18.8 Å². The van der Waals surface area contributed by atoms with Crippen LogP contribution in [0, 0.1) is 5.82 Å². The molecule has 1 heterocycles. The molecule has 0 atom stereocenters. The average Bonchev–Trinajstić information content (AvgIpc) is 2.99. The lowest BCUT2D eigenvalue weighted by molar-refractivity contribution is -0.137. The molecule has 0 radical (unpaired) electrons. The zero-order chi connectivity index (χ0) is 19.3. The maximum Gasteiger partial charge on any atom is 0.349 e. The molecule has 7 nitrogen and oxygen atoms in total. The first-order valence-electron chi connectivity index (χ1n) is 7.69. The Morgan fingerprint density at radius 1 is 1.31 bits per heavy atom. The van der Waals surface area contributed by atoms with Gasteiger partial charge in [0.1, 0.15) is 10.7 Å². The Bertz CT molecular complexity index is 836. The summed E-state index contributed by atoms with van der Waals surface area (Å²) < 4.78 is 24.8. The number of carbonyl (C=O) groups excluding carboxylic acids is 3. The number of rotatable bonds is 7. The molecule has 0 aliphatic heterocycles.